The van der Waals surface area contributed by atoms with Crippen LogP contribution in [0.5, 0.6) is 0 Å². The number of rotatable bonds is 8. The second kappa shape index (κ2) is 10.6. The van der Waals surface area contributed by atoms with Crippen LogP contribution in [0.4, 0.5) is 0 Å². The fraction of sp³-hybridized carbons (Fsp3) is 0.526. The summed E-state index contributed by atoms with van der Waals surface area (Å²) in [5.74, 6) is -1.30. The minimum atomic E-state index is -1.37. The average Bonchev–Trinajstić information content (AvgIpc) is 3.14. The summed E-state index contributed by atoms with van der Waals surface area (Å²) in [5.41, 5.74) is 0.725. The molecular formula is C19H24Cl2N2O5. The molecule has 1 saturated heterocycles. The van der Waals surface area contributed by atoms with Gasteiger partial charge in [0.25, 0.3) is 0 Å². The number of amides is 2. The monoisotopic (exact) mass is 430 g/mol. The summed E-state index contributed by atoms with van der Waals surface area (Å²) >= 11 is 11.9. The Hall–Kier alpha value is -1.83. The summed E-state index contributed by atoms with van der Waals surface area (Å²) in [6.07, 6.45) is -0.164. The average molecular weight is 431 g/mol. The topological polar surface area (TPSA) is 95.9 Å². The highest BCUT2D eigenvalue weighted by Gasteiger charge is 2.37. The van der Waals surface area contributed by atoms with Crippen LogP contribution in [0.3, 0.4) is 0 Å². The van der Waals surface area contributed by atoms with Gasteiger partial charge in [-0.25, -0.2) is 4.79 Å². The number of carbonyl (C=O) groups excluding carboxylic acids is 3. The first-order chi connectivity index (χ1) is 13.3. The van der Waals surface area contributed by atoms with E-state index in [1.54, 1.807) is 25.1 Å². The summed E-state index contributed by atoms with van der Waals surface area (Å²) in [6.45, 7) is 2.49. The van der Waals surface area contributed by atoms with E-state index >= 15 is 0 Å². The Balaban J connectivity index is 1.81. The van der Waals surface area contributed by atoms with Gasteiger partial charge in [0.05, 0.1) is 12.6 Å². The van der Waals surface area contributed by atoms with Gasteiger partial charge in [-0.15, -0.1) is 0 Å². The van der Waals surface area contributed by atoms with Crippen LogP contribution in [0.2, 0.25) is 10.0 Å². The maximum Gasteiger partial charge on any atom is 0.337 e. The predicted molar refractivity (Wildman–Crippen MR) is 105 cm³/mol. The second-order valence-corrected chi connectivity index (χ2v) is 7.35. The number of aliphatic hydroxyl groups excluding tert-OH is 1. The molecule has 1 unspecified atom stereocenters. The number of hydrogen-bond donors (Lipinski definition) is 2. The number of nitrogens with one attached hydrogen (secondary N) is 1. The molecule has 1 heterocycles. The number of likely N-dealkylation sites (tertiary alicyclic amines) is 1. The molecule has 0 aromatic heterocycles. The third-order valence-corrected chi connectivity index (χ3v) is 5.16. The van der Waals surface area contributed by atoms with Crippen LogP contribution in [0.1, 0.15) is 38.2 Å². The molecule has 2 rings (SSSR count). The summed E-state index contributed by atoms with van der Waals surface area (Å²) in [5, 5.41) is 13.8. The van der Waals surface area contributed by atoms with Crippen molar-refractivity contribution in [3.63, 3.8) is 0 Å². The molecule has 0 spiro atoms. The van der Waals surface area contributed by atoms with E-state index in [0.29, 0.717) is 29.4 Å². The lowest BCUT2D eigenvalue weighted by Crippen LogP contribution is -2.46. The molecule has 7 nitrogen and oxygen atoms in total. The molecule has 0 saturated carbocycles. The molecule has 28 heavy (non-hydrogen) atoms. The van der Waals surface area contributed by atoms with Crippen LogP contribution < -0.4 is 5.32 Å². The van der Waals surface area contributed by atoms with Crippen molar-refractivity contribution in [2.24, 2.45) is 0 Å². The van der Waals surface area contributed by atoms with Crippen molar-refractivity contribution >= 4 is 41.0 Å². The molecule has 2 atom stereocenters. The SMILES string of the molecule is CCOC(=O)C(O)[C@@H]1CCCN1C(=O)CCC(=O)NCc1ccc(Cl)cc1Cl. The minimum absolute atomic E-state index is 0.00274. The lowest BCUT2D eigenvalue weighted by molar-refractivity contribution is -0.157. The van der Waals surface area contributed by atoms with E-state index < -0.39 is 18.1 Å². The summed E-state index contributed by atoms with van der Waals surface area (Å²) in [7, 11) is 0. The maximum absolute atomic E-state index is 12.5. The Kier molecular flexibility index (Phi) is 8.54. The van der Waals surface area contributed by atoms with Gasteiger partial charge in [-0.1, -0.05) is 29.3 Å². The van der Waals surface area contributed by atoms with Crippen molar-refractivity contribution in [3.05, 3.63) is 33.8 Å². The van der Waals surface area contributed by atoms with Gasteiger partial charge in [0.15, 0.2) is 6.10 Å². The minimum Gasteiger partial charge on any atom is -0.464 e. The van der Waals surface area contributed by atoms with E-state index in [1.807, 2.05) is 0 Å². The standard InChI is InChI=1S/C19H24Cl2N2O5/c1-2-28-19(27)18(26)15-4-3-9-23(15)17(25)8-7-16(24)22-11-12-5-6-13(20)10-14(12)21/h5-6,10,15,18,26H,2-4,7-9,11H2,1H3,(H,22,24)/t15-,18?/m0/s1. The fourth-order valence-electron chi connectivity index (χ4n) is 3.13. The fourth-order valence-corrected chi connectivity index (χ4v) is 3.60. The number of halogens is 2. The van der Waals surface area contributed by atoms with Gasteiger partial charge < -0.3 is 20.1 Å². The molecule has 2 N–H and O–H groups in total. The largest absolute Gasteiger partial charge is 0.464 e. The predicted octanol–water partition coefficient (Wildman–Crippen LogP) is 2.30. The number of benzene rings is 1. The molecule has 1 aliphatic rings. The van der Waals surface area contributed by atoms with Gasteiger partial charge in [-0.05, 0) is 37.5 Å². The lowest BCUT2D eigenvalue weighted by Gasteiger charge is -2.27. The Morgan fingerprint density at radius 1 is 1.32 bits per heavy atom. The zero-order valence-corrected chi connectivity index (χ0v) is 17.1. The summed E-state index contributed by atoms with van der Waals surface area (Å²) < 4.78 is 4.82. The number of nitrogens with zero attached hydrogens (tertiary/aromatic N) is 1. The van der Waals surface area contributed by atoms with Crippen molar-refractivity contribution < 1.29 is 24.2 Å². The maximum atomic E-state index is 12.5. The van der Waals surface area contributed by atoms with Crippen LogP contribution in [0.15, 0.2) is 18.2 Å². The van der Waals surface area contributed by atoms with Gasteiger partial charge in [0.1, 0.15) is 0 Å². The Morgan fingerprint density at radius 3 is 2.75 bits per heavy atom. The smallest absolute Gasteiger partial charge is 0.337 e. The van der Waals surface area contributed by atoms with Crippen LogP contribution in [0.25, 0.3) is 0 Å². The molecule has 0 radical (unpaired) electrons. The zero-order chi connectivity index (χ0) is 20.7. The quantitative estimate of drug-likeness (QED) is 0.616. The normalized spacial score (nSPS) is 17.3. The number of carbonyl (C=O) groups is 3. The van der Waals surface area contributed by atoms with Crippen molar-refractivity contribution in [3.8, 4) is 0 Å². The van der Waals surface area contributed by atoms with Crippen LogP contribution in [-0.2, 0) is 25.7 Å². The molecule has 0 aliphatic carbocycles. The Bertz CT molecular complexity index is 728. The van der Waals surface area contributed by atoms with E-state index in [1.165, 1.54) is 4.90 Å². The van der Waals surface area contributed by atoms with Gasteiger partial charge in [0.2, 0.25) is 11.8 Å². The molecule has 0 bridgehead atoms. The van der Waals surface area contributed by atoms with Gasteiger partial charge in [-0.3, -0.25) is 9.59 Å². The van der Waals surface area contributed by atoms with Gasteiger partial charge in [0, 0.05) is 36.0 Å². The first kappa shape index (κ1) is 22.5. The zero-order valence-electron chi connectivity index (χ0n) is 15.6. The second-order valence-electron chi connectivity index (χ2n) is 6.51. The van der Waals surface area contributed by atoms with E-state index in [-0.39, 0.29) is 37.8 Å². The molecule has 2 amide bonds. The van der Waals surface area contributed by atoms with E-state index in [2.05, 4.69) is 5.32 Å². The Morgan fingerprint density at radius 2 is 2.07 bits per heavy atom. The summed E-state index contributed by atoms with van der Waals surface area (Å²) in [6, 6.07) is 4.39. The lowest BCUT2D eigenvalue weighted by atomic mass is 10.1. The van der Waals surface area contributed by atoms with Crippen molar-refractivity contribution in [1.82, 2.24) is 10.2 Å². The Labute approximate surface area is 173 Å². The molecular weight excluding hydrogens is 407 g/mol. The van der Waals surface area contributed by atoms with E-state index in [0.717, 1.165) is 5.56 Å². The molecule has 1 fully saturated rings. The molecule has 1 aromatic carbocycles. The summed E-state index contributed by atoms with van der Waals surface area (Å²) in [4.78, 5) is 37.7. The third-order valence-electron chi connectivity index (χ3n) is 4.57. The highest BCUT2D eigenvalue weighted by Crippen LogP contribution is 2.23. The van der Waals surface area contributed by atoms with Gasteiger partial charge >= 0.3 is 5.97 Å². The highest BCUT2D eigenvalue weighted by molar-refractivity contribution is 6.35. The van der Waals surface area contributed by atoms with Crippen molar-refractivity contribution in [1.29, 1.82) is 0 Å². The van der Waals surface area contributed by atoms with E-state index in [9.17, 15) is 19.5 Å². The molecule has 154 valence electrons. The van der Waals surface area contributed by atoms with Crippen LogP contribution in [-0.4, -0.2) is 53.1 Å². The van der Waals surface area contributed by atoms with E-state index in [4.69, 9.17) is 27.9 Å². The van der Waals surface area contributed by atoms with Crippen molar-refractivity contribution in [2.75, 3.05) is 13.2 Å². The number of aliphatic hydroxyl groups is 1. The first-order valence-corrected chi connectivity index (χ1v) is 9.93. The van der Waals surface area contributed by atoms with Crippen LogP contribution in [0, 0.1) is 0 Å². The van der Waals surface area contributed by atoms with Crippen LogP contribution >= 0.6 is 23.2 Å². The number of hydrogen-bond acceptors (Lipinski definition) is 5. The molecule has 1 aliphatic heterocycles. The highest BCUT2D eigenvalue weighted by atomic mass is 35.5. The van der Waals surface area contributed by atoms with Gasteiger partial charge in [-0.2, -0.15) is 0 Å². The molecule has 9 heteroatoms. The molecule has 1 aromatic rings. The number of ether oxygens (including phenoxy) is 1. The number of esters is 1. The first-order valence-electron chi connectivity index (χ1n) is 9.18. The third kappa shape index (κ3) is 6.09. The van der Waals surface area contributed by atoms with Crippen molar-refractivity contribution in [2.45, 2.75) is 51.3 Å².